The number of hydrogen-bond donors (Lipinski definition) is 0. The smallest absolute Gasteiger partial charge is 0.306 e. The zero-order chi connectivity index (χ0) is 21.4. The predicted molar refractivity (Wildman–Crippen MR) is 106 cm³/mol. The Labute approximate surface area is 174 Å². The number of hydrogen-bond acceptors (Lipinski definition) is 5. The van der Waals surface area contributed by atoms with E-state index in [1.165, 1.54) is 17.0 Å². The molecule has 156 valence electrons. The summed E-state index contributed by atoms with van der Waals surface area (Å²) in [6.07, 6.45) is 0.184. The van der Waals surface area contributed by atoms with Crippen LogP contribution >= 0.6 is 11.3 Å². The van der Waals surface area contributed by atoms with Crippen LogP contribution < -0.4 is 4.90 Å². The fourth-order valence-electron chi connectivity index (χ4n) is 3.61. The first-order valence-electron chi connectivity index (χ1n) is 9.35. The third-order valence-electron chi connectivity index (χ3n) is 4.89. The van der Waals surface area contributed by atoms with Crippen molar-refractivity contribution in [2.24, 2.45) is 5.92 Å². The molecule has 0 N–H and O–H groups in total. The van der Waals surface area contributed by atoms with Gasteiger partial charge in [0.25, 0.3) is 0 Å². The Morgan fingerprint density at radius 3 is 2.80 bits per heavy atom. The average Bonchev–Trinajstić information content (AvgIpc) is 3.08. The number of thiazole rings is 1. The number of rotatable bonds is 5. The molecule has 0 fully saturated rings. The van der Waals surface area contributed by atoms with Gasteiger partial charge >= 0.3 is 5.97 Å². The molecule has 0 saturated heterocycles. The summed E-state index contributed by atoms with van der Waals surface area (Å²) >= 11 is 0.998. The van der Waals surface area contributed by atoms with Crippen LogP contribution in [0.3, 0.4) is 0 Å². The van der Waals surface area contributed by atoms with Gasteiger partial charge in [-0.1, -0.05) is 6.07 Å². The minimum Gasteiger partial charge on any atom is -0.466 e. The highest BCUT2D eigenvalue weighted by Crippen LogP contribution is 2.35. The fourth-order valence-corrected chi connectivity index (χ4v) is 4.54. The van der Waals surface area contributed by atoms with Gasteiger partial charge in [-0.05, 0) is 31.0 Å². The van der Waals surface area contributed by atoms with Crippen LogP contribution in [-0.4, -0.2) is 23.5 Å². The number of anilines is 1. The van der Waals surface area contributed by atoms with Crippen LogP contribution in [-0.2, 0) is 27.3 Å². The zero-order valence-corrected chi connectivity index (χ0v) is 16.8. The van der Waals surface area contributed by atoms with Crippen LogP contribution in [0.2, 0.25) is 0 Å². The first-order chi connectivity index (χ1) is 14.4. The molecule has 1 aliphatic rings. The Balaban J connectivity index is 1.69. The molecule has 1 aliphatic heterocycles. The molecule has 5 nitrogen and oxygen atoms in total. The second kappa shape index (κ2) is 8.06. The lowest BCUT2D eigenvalue weighted by atomic mass is 9.89. The Morgan fingerprint density at radius 2 is 2.03 bits per heavy atom. The van der Waals surface area contributed by atoms with Crippen molar-refractivity contribution in [2.75, 3.05) is 11.5 Å². The number of carbonyl (C=O) groups excluding carboxylic acids is 2. The number of halogens is 3. The summed E-state index contributed by atoms with van der Waals surface area (Å²) < 4.78 is 46.5. The fraction of sp³-hybridized carbons (Fsp3) is 0.286. The second-order valence-corrected chi connectivity index (χ2v) is 8.03. The summed E-state index contributed by atoms with van der Waals surface area (Å²) in [5, 5.41) is 0.370. The van der Waals surface area contributed by atoms with Crippen LogP contribution in [0.15, 0.2) is 30.3 Å². The maximum atomic E-state index is 14.0. The van der Waals surface area contributed by atoms with Crippen molar-refractivity contribution in [3.63, 3.8) is 0 Å². The van der Waals surface area contributed by atoms with Gasteiger partial charge in [0, 0.05) is 12.1 Å². The lowest BCUT2D eigenvalue weighted by molar-refractivity contribution is -0.146. The summed E-state index contributed by atoms with van der Waals surface area (Å²) in [5.41, 5.74) is 1.24. The summed E-state index contributed by atoms with van der Waals surface area (Å²) in [6, 6.07) is 6.02. The van der Waals surface area contributed by atoms with E-state index in [2.05, 4.69) is 4.98 Å². The van der Waals surface area contributed by atoms with Crippen LogP contribution in [0.25, 0.3) is 10.2 Å². The molecular formula is C21H17F3N2O3S. The Bertz CT molecular complexity index is 1150. The molecule has 9 heteroatoms. The molecule has 0 saturated carbocycles. The van der Waals surface area contributed by atoms with E-state index in [0.717, 1.165) is 23.5 Å². The monoisotopic (exact) mass is 434 g/mol. The molecule has 3 aromatic rings. The van der Waals surface area contributed by atoms with Gasteiger partial charge in [-0.3, -0.25) is 9.59 Å². The van der Waals surface area contributed by atoms with E-state index in [0.29, 0.717) is 16.3 Å². The molecule has 4 rings (SSSR count). The maximum absolute atomic E-state index is 14.0. The van der Waals surface area contributed by atoms with Crippen molar-refractivity contribution in [1.29, 1.82) is 0 Å². The molecule has 2 heterocycles. The molecule has 0 bridgehead atoms. The number of aromatic nitrogens is 1. The lowest BCUT2D eigenvalue weighted by Crippen LogP contribution is -2.42. The number of benzene rings is 2. The Hall–Kier alpha value is -2.94. The van der Waals surface area contributed by atoms with E-state index in [1.807, 2.05) is 0 Å². The SMILES string of the molecule is CCOC(=O)CC1Cc2ccc(F)cc2N(Cc2nc3cc(F)cc(F)c3s2)C1=O. The number of carbonyl (C=O) groups is 2. The first kappa shape index (κ1) is 20.3. The van der Waals surface area contributed by atoms with Gasteiger partial charge < -0.3 is 9.64 Å². The summed E-state index contributed by atoms with van der Waals surface area (Å²) in [5.74, 6) is -3.50. The van der Waals surface area contributed by atoms with E-state index in [4.69, 9.17) is 4.74 Å². The summed E-state index contributed by atoms with van der Waals surface area (Å²) in [6.45, 7) is 1.84. The van der Waals surface area contributed by atoms with Gasteiger partial charge in [-0.15, -0.1) is 11.3 Å². The van der Waals surface area contributed by atoms with Crippen molar-refractivity contribution in [1.82, 2.24) is 4.98 Å². The predicted octanol–water partition coefficient (Wildman–Crippen LogP) is 4.37. The van der Waals surface area contributed by atoms with Crippen LogP contribution in [0.5, 0.6) is 0 Å². The first-order valence-corrected chi connectivity index (χ1v) is 10.2. The second-order valence-electron chi connectivity index (χ2n) is 6.95. The summed E-state index contributed by atoms with van der Waals surface area (Å²) in [7, 11) is 0. The molecule has 1 unspecified atom stereocenters. The average molecular weight is 434 g/mol. The zero-order valence-electron chi connectivity index (χ0n) is 16.0. The summed E-state index contributed by atoms with van der Waals surface area (Å²) in [4.78, 5) is 30.6. The highest BCUT2D eigenvalue weighted by molar-refractivity contribution is 7.18. The topological polar surface area (TPSA) is 59.5 Å². The van der Waals surface area contributed by atoms with Crippen LogP contribution in [0, 0.1) is 23.4 Å². The lowest BCUT2D eigenvalue weighted by Gasteiger charge is -2.33. The normalized spacial score (nSPS) is 16.1. The van der Waals surface area contributed by atoms with E-state index < -0.39 is 29.3 Å². The van der Waals surface area contributed by atoms with E-state index in [1.54, 1.807) is 13.0 Å². The highest BCUT2D eigenvalue weighted by atomic mass is 32.1. The number of nitrogens with zero attached hydrogens (tertiary/aromatic N) is 2. The van der Waals surface area contributed by atoms with Crippen molar-refractivity contribution in [2.45, 2.75) is 26.3 Å². The quantitative estimate of drug-likeness (QED) is 0.560. The van der Waals surface area contributed by atoms with E-state index in [9.17, 15) is 22.8 Å². The van der Waals surface area contributed by atoms with E-state index >= 15 is 0 Å². The standard InChI is InChI=1S/C21H17F3N2O3S/c1-2-29-19(27)6-12-5-11-3-4-13(22)9-17(11)26(21(12)28)10-18-25-16-8-14(23)7-15(24)20(16)30-18/h3-4,7-9,12H,2,5-6,10H2,1H3. The largest absolute Gasteiger partial charge is 0.466 e. The van der Waals surface area contributed by atoms with Gasteiger partial charge in [0.15, 0.2) is 0 Å². The maximum Gasteiger partial charge on any atom is 0.306 e. The number of amides is 1. The molecule has 1 aromatic heterocycles. The van der Waals surface area contributed by atoms with Gasteiger partial charge in [0.2, 0.25) is 5.91 Å². The minimum absolute atomic E-state index is 0.0466. The Morgan fingerprint density at radius 1 is 1.23 bits per heavy atom. The third kappa shape index (κ3) is 3.89. The molecular weight excluding hydrogens is 417 g/mol. The third-order valence-corrected chi connectivity index (χ3v) is 5.95. The number of fused-ring (bicyclic) bond motifs is 2. The molecule has 1 atom stereocenters. The highest BCUT2D eigenvalue weighted by Gasteiger charge is 2.35. The van der Waals surface area contributed by atoms with Crippen molar-refractivity contribution >= 4 is 39.1 Å². The number of ether oxygens (including phenoxy) is 1. The van der Waals surface area contributed by atoms with Gasteiger partial charge in [-0.25, -0.2) is 18.2 Å². The molecule has 0 spiro atoms. The molecule has 0 radical (unpaired) electrons. The number of esters is 1. The van der Waals surface area contributed by atoms with Crippen LogP contribution in [0.1, 0.15) is 23.9 Å². The van der Waals surface area contributed by atoms with E-state index in [-0.39, 0.29) is 42.1 Å². The van der Waals surface area contributed by atoms with Gasteiger partial charge in [0.05, 0.1) is 41.4 Å². The van der Waals surface area contributed by atoms with Crippen molar-refractivity contribution in [3.8, 4) is 0 Å². The molecule has 0 aliphatic carbocycles. The van der Waals surface area contributed by atoms with Crippen molar-refractivity contribution in [3.05, 3.63) is 58.4 Å². The molecule has 30 heavy (non-hydrogen) atoms. The van der Waals surface area contributed by atoms with Gasteiger partial charge in [-0.2, -0.15) is 0 Å². The molecule has 2 aromatic carbocycles. The van der Waals surface area contributed by atoms with Crippen molar-refractivity contribution < 1.29 is 27.5 Å². The van der Waals surface area contributed by atoms with Crippen LogP contribution in [0.4, 0.5) is 18.9 Å². The molecule has 1 amide bonds. The van der Waals surface area contributed by atoms with Gasteiger partial charge in [0.1, 0.15) is 22.5 Å². The minimum atomic E-state index is -0.743. The Kier molecular flexibility index (Phi) is 5.46.